The summed E-state index contributed by atoms with van der Waals surface area (Å²) in [6, 6.07) is 16.7. The van der Waals surface area contributed by atoms with Crippen LogP contribution < -0.4 is 16.2 Å². The van der Waals surface area contributed by atoms with E-state index in [4.69, 9.17) is 24.7 Å². The van der Waals surface area contributed by atoms with Crippen molar-refractivity contribution in [1.82, 2.24) is 8.96 Å². The van der Waals surface area contributed by atoms with Crippen LogP contribution in [0.4, 0.5) is 8.28 Å². The Labute approximate surface area is 251 Å². The molecule has 2 aliphatic rings. The number of nitrogens with zero attached hydrogens (tertiary/aromatic N) is 2. The summed E-state index contributed by atoms with van der Waals surface area (Å²) in [7, 11) is 1.50. The minimum absolute atomic E-state index is 0.0999. The summed E-state index contributed by atoms with van der Waals surface area (Å²) in [6.07, 6.45) is -2.11. The van der Waals surface area contributed by atoms with Gasteiger partial charge in [0.25, 0.3) is 6.47 Å². The molecular formula is C30H32F2N4O6S. The Morgan fingerprint density at radius 3 is 2.12 bits per heavy atom. The Balaban J connectivity index is 0.00000102. The number of hydrogen-bond acceptors (Lipinski definition) is 9. The molecule has 4 aromatic rings. The van der Waals surface area contributed by atoms with E-state index in [1.807, 2.05) is 26.0 Å². The molecule has 228 valence electrons. The molecule has 2 aliphatic heterocycles. The van der Waals surface area contributed by atoms with Gasteiger partial charge in [0.2, 0.25) is 11.8 Å². The first-order valence-corrected chi connectivity index (χ1v) is 14.2. The van der Waals surface area contributed by atoms with Crippen LogP contribution in [0.2, 0.25) is 0 Å². The van der Waals surface area contributed by atoms with E-state index in [2.05, 4.69) is 10.7 Å². The lowest BCUT2D eigenvalue weighted by atomic mass is 10.0. The second-order valence-electron chi connectivity index (χ2n) is 9.11. The van der Waals surface area contributed by atoms with Gasteiger partial charge in [0.1, 0.15) is 17.9 Å². The van der Waals surface area contributed by atoms with Crippen LogP contribution in [0.1, 0.15) is 24.2 Å². The largest absolute Gasteiger partial charge is 0.469 e. The first-order chi connectivity index (χ1) is 21.0. The van der Waals surface area contributed by atoms with Crippen molar-refractivity contribution in [2.75, 3.05) is 20.3 Å². The average molecular weight is 615 g/mol. The highest BCUT2D eigenvalue weighted by Gasteiger charge is 2.50. The number of amides is 1. The van der Waals surface area contributed by atoms with Crippen LogP contribution in [0.5, 0.6) is 5.88 Å². The molecule has 0 radical (unpaired) electrons. The molecule has 2 saturated heterocycles. The molecule has 2 fully saturated rings. The zero-order valence-electron chi connectivity index (χ0n) is 23.7. The second kappa shape index (κ2) is 14.4. The third-order valence-electron chi connectivity index (χ3n) is 6.86. The third-order valence-corrected chi connectivity index (χ3v) is 7.37. The van der Waals surface area contributed by atoms with Crippen molar-refractivity contribution in [3.8, 4) is 28.3 Å². The van der Waals surface area contributed by atoms with Gasteiger partial charge in [-0.15, -0.1) is 3.89 Å². The quantitative estimate of drug-likeness (QED) is 0.271. The first kappa shape index (κ1) is 31.9. The van der Waals surface area contributed by atoms with Crippen molar-refractivity contribution < 1.29 is 36.8 Å². The van der Waals surface area contributed by atoms with Gasteiger partial charge in [0.05, 0.1) is 24.2 Å². The molecule has 0 saturated carbocycles. The van der Waals surface area contributed by atoms with E-state index in [9.17, 15) is 13.5 Å². The van der Waals surface area contributed by atoms with Crippen LogP contribution in [0, 0.1) is 5.82 Å². The summed E-state index contributed by atoms with van der Waals surface area (Å²) in [5.74, 6) is -1.01. The Morgan fingerprint density at radius 1 is 0.977 bits per heavy atom. The summed E-state index contributed by atoms with van der Waals surface area (Å²) in [4.78, 5) is 26.5. The average Bonchev–Trinajstić information content (AvgIpc) is 3.73. The molecule has 13 heteroatoms. The number of primary amides is 1. The fraction of sp³-hybridized carbons (Fsp3) is 0.300. The number of fused-ring (bicyclic) bond motifs is 2. The van der Waals surface area contributed by atoms with Crippen LogP contribution >= 0.6 is 12.3 Å². The molecule has 0 bridgehead atoms. The van der Waals surface area contributed by atoms with E-state index in [1.54, 1.807) is 36.4 Å². The van der Waals surface area contributed by atoms with Crippen LogP contribution in [-0.4, -0.2) is 66.0 Å². The van der Waals surface area contributed by atoms with Gasteiger partial charge in [-0.2, -0.15) is 0 Å². The Bertz CT molecular complexity index is 1550. The lowest BCUT2D eigenvalue weighted by Gasteiger charge is -2.17. The first-order valence-electron chi connectivity index (χ1n) is 13.6. The van der Waals surface area contributed by atoms with Crippen molar-refractivity contribution in [2.24, 2.45) is 11.5 Å². The van der Waals surface area contributed by atoms with Crippen molar-refractivity contribution in [2.45, 2.75) is 38.3 Å². The van der Waals surface area contributed by atoms with E-state index < -0.39 is 36.1 Å². The summed E-state index contributed by atoms with van der Waals surface area (Å²) in [5, 5.41) is 0. The Kier molecular flexibility index (Phi) is 10.7. The number of nitrogens with two attached hydrogens (primary N) is 2. The van der Waals surface area contributed by atoms with E-state index in [1.165, 1.54) is 19.2 Å². The fourth-order valence-electron chi connectivity index (χ4n) is 4.93. The molecule has 4 heterocycles. The van der Waals surface area contributed by atoms with Gasteiger partial charge in [-0.25, -0.2) is 13.3 Å². The molecule has 43 heavy (non-hydrogen) atoms. The van der Waals surface area contributed by atoms with Gasteiger partial charge < -0.3 is 30.4 Å². The summed E-state index contributed by atoms with van der Waals surface area (Å²) in [6.45, 7) is 4.67. The topological polar surface area (TPSA) is 141 Å². The zero-order chi connectivity index (χ0) is 31.1. The molecular weight excluding hydrogens is 582 g/mol. The second-order valence-corrected chi connectivity index (χ2v) is 9.61. The molecule has 1 amide bonds. The van der Waals surface area contributed by atoms with E-state index in [0.29, 0.717) is 23.1 Å². The predicted octanol–water partition coefficient (Wildman–Crippen LogP) is 4.68. The highest BCUT2D eigenvalue weighted by molar-refractivity contribution is 7.93. The number of pyridine rings is 1. The molecule has 0 aliphatic carbocycles. The molecule has 2 aromatic heterocycles. The normalized spacial score (nSPS) is 20.3. The van der Waals surface area contributed by atoms with Crippen LogP contribution in [0.3, 0.4) is 0 Å². The van der Waals surface area contributed by atoms with Gasteiger partial charge in [-0.1, -0.05) is 50.2 Å². The minimum Gasteiger partial charge on any atom is -0.469 e. The van der Waals surface area contributed by atoms with Gasteiger partial charge in [0.15, 0.2) is 30.4 Å². The summed E-state index contributed by atoms with van der Waals surface area (Å²) < 4.78 is 52.7. The maximum absolute atomic E-state index is 15.2. The molecule has 10 nitrogen and oxygen atoms in total. The number of aromatic nitrogens is 2. The van der Waals surface area contributed by atoms with Crippen LogP contribution in [0.15, 0.2) is 60.7 Å². The van der Waals surface area contributed by atoms with Crippen LogP contribution in [-0.2, 0) is 19.0 Å². The van der Waals surface area contributed by atoms with E-state index >= 15 is 4.39 Å². The number of carbonyl (C=O) groups excluding carboxylic acids is 2. The Morgan fingerprint density at radius 2 is 1.53 bits per heavy atom. The smallest absolute Gasteiger partial charge is 0.293 e. The highest BCUT2D eigenvalue weighted by atomic mass is 32.2. The summed E-state index contributed by atoms with van der Waals surface area (Å²) in [5.41, 5.74) is 13.1. The molecule has 4 N–H and O–H groups in total. The lowest BCUT2D eigenvalue weighted by Crippen LogP contribution is -2.35. The van der Waals surface area contributed by atoms with Gasteiger partial charge in [0, 0.05) is 23.3 Å². The van der Waals surface area contributed by atoms with Gasteiger partial charge in [-0.05, 0) is 30.3 Å². The monoisotopic (exact) mass is 614 g/mol. The van der Waals surface area contributed by atoms with Crippen molar-refractivity contribution in [3.05, 3.63) is 72.0 Å². The van der Waals surface area contributed by atoms with Crippen molar-refractivity contribution in [1.29, 1.82) is 0 Å². The molecule has 6 rings (SSSR count). The highest BCUT2D eigenvalue weighted by Crippen LogP contribution is 2.37. The zero-order valence-corrected chi connectivity index (χ0v) is 24.6. The predicted molar refractivity (Wildman–Crippen MR) is 159 cm³/mol. The number of halogens is 2. The third kappa shape index (κ3) is 6.49. The number of carbonyl (C=O) groups is 2. The van der Waals surface area contributed by atoms with Gasteiger partial charge in [-0.3, -0.25) is 9.59 Å². The Hall–Kier alpha value is -4.04. The van der Waals surface area contributed by atoms with E-state index in [0.717, 1.165) is 15.1 Å². The molecule has 1 unspecified atom stereocenters. The number of ether oxygens (including phenoxy) is 4. The van der Waals surface area contributed by atoms with E-state index in [-0.39, 0.29) is 42.6 Å². The van der Waals surface area contributed by atoms with Crippen LogP contribution in [0.25, 0.3) is 33.4 Å². The fourth-order valence-corrected chi connectivity index (χ4v) is 5.32. The van der Waals surface area contributed by atoms with Crippen molar-refractivity contribution in [3.63, 3.8) is 0 Å². The summed E-state index contributed by atoms with van der Waals surface area (Å²) >= 11 is -0.135. The van der Waals surface area contributed by atoms with Crippen molar-refractivity contribution >= 4 is 35.7 Å². The standard InChI is InChI=1S/C27H21F2N3O6S.C2H6.CH5N/c28-18-9-20-19(10-23(32(20)39-29)38-22-12-36-25-21(37-13-33)11-35-26(22)25)31-24(18)16-5-1-14(2-6-16)15-3-7-17(8-4-15)27(30)34;2*1-2/h1-10,13,21-22,25-26H,11-12H2,(H2,30,34);1-2H3;2H2,1H3/t21-,22-,25?,26-;;/m1../s1. The maximum Gasteiger partial charge on any atom is 0.293 e. The lowest BCUT2D eigenvalue weighted by molar-refractivity contribution is -0.138. The SMILES string of the molecule is CC.CN.NC(=O)c1ccc(-c2ccc(-c3nc4cc(O[C@@H]5COC6[C@H](OC=O)CO[C@@H]65)n(SF)c4cc3F)cc2)cc1. The number of hydrogen-bond donors (Lipinski definition) is 2. The minimum atomic E-state index is -0.627. The maximum atomic E-state index is 15.2. The number of rotatable bonds is 8. The molecule has 0 spiro atoms. The number of benzene rings is 2. The molecule has 2 aromatic carbocycles. The molecule has 4 atom stereocenters. The van der Waals surface area contributed by atoms with Gasteiger partial charge >= 0.3 is 0 Å².